The minimum atomic E-state index is -5.39. The van der Waals surface area contributed by atoms with Crippen molar-refractivity contribution in [1.82, 2.24) is 0 Å². The quantitative estimate of drug-likeness (QED) is 0.302. The van der Waals surface area contributed by atoms with E-state index in [1.807, 2.05) is 0 Å². The number of hydrogen-bond donors (Lipinski definition) is 3. The van der Waals surface area contributed by atoms with Gasteiger partial charge in [0.05, 0.1) is 13.2 Å². The van der Waals surface area contributed by atoms with Gasteiger partial charge in [0, 0.05) is 0 Å². The summed E-state index contributed by atoms with van der Waals surface area (Å²) < 4.78 is 17.1. The fourth-order valence-corrected chi connectivity index (χ4v) is 0.0577. The Labute approximate surface area is 162 Å². The molecule has 0 bridgehead atoms. The molecular formula is C3H10Mg3O12P2. The van der Waals surface area contributed by atoms with Crippen molar-refractivity contribution in [2.24, 2.45) is 0 Å². The zero-order valence-electron chi connectivity index (χ0n) is 10.1. The van der Waals surface area contributed by atoms with Crippen LogP contribution in [0.25, 0.3) is 0 Å². The monoisotopic (exact) mass is 372 g/mol. The van der Waals surface area contributed by atoms with Crippen LogP contribution in [0.4, 0.5) is 0 Å². The molecule has 0 saturated carbocycles. The van der Waals surface area contributed by atoms with Crippen molar-refractivity contribution >= 4 is 84.8 Å². The molecule has 0 aromatic carbocycles. The summed E-state index contributed by atoms with van der Waals surface area (Å²) in [5.41, 5.74) is 0. The van der Waals surface area contributed by atoms with E-state index in [9.17, 15) is 0 Å². The molecular weight excluding hydrogens is 363 g/mol. The predicted octanol–water partition coefficient (Wildman–Crippen LogP) is -9.28. The molecule has 0 saturated heterocycles. The molecule has 0 spiro atoms. The summed E-state index contributed by atoms with van der Waals surface area (Å²) in [5.74, 6) is 0. The van der Waals surface area contributed by atoms with E-state index in [0.717, 1.165) is 0 Å². The van der Waals surface area contributed by atoms with Crippen LogP contribution in [0.2, 0.25) is 0 Å². The summed E-state index contributed by atoms with van der Waals surface area (Å²) in [7, 11) is -10.8. The van der Waals surface area contributed by atoms with Gasteiger partial charge in [-0.3, -0.25) is 0 Å². The normalized spacial score (nSPS) is 8.90. The van der Waals surface area contributed by atoms with E-state index in [1.165, 1.54) is 0 Å². The Kier molecular flexibility index (Phi) is 51.1. The Morgan fingerprint density at radius 3 is 0.850 bits per heavy atom. The summed E-state index contributed by atoms with van der Waals surface area (Å²) in [4.78, 5) is 51.3. The SMILES string of the molecule is O.O=P([O-])([O-])[O-].O=P([O-])([O-])[O-].OCC(O)CO.[Mg+2].[Mg+2].[Mg+2]. The average Bonchev–Trinajstić information content (AvgIpc) is 1.96. The van der Waals surface area contributed by atoms with Crippen LogP contribution in [-0.2, 0) is 9.13 Å². The van der Waals surface area contributed by atoms with Crippen molar-refractivity contribution < 1.29 is 59.3 Å². The van der Waals surface area contributed by atoms with Gasteiger partial charge in [-0.15, -0.1) is 0 Å². The zero-order valence-corrected chi connectivity index (χ0v) is 16.1. The molecule has 110 valence electrons. The first-order valence-electron chi connectivity index (χ1n) is 3.17. The Bertz CT molecular complexity index is 200. The molecule has 20 heavy (non-hydrogen) atoms. The van der Waals surface area contributed by atoms with E-state index in [-0.39, 0.29) is 87.8 Å². The molecule has 0 aromatic rings. The van der Waals surface area contributed by atoms with Crippen molar-refractivity contribution in [3.63, 3.8) is 0 Å². The fourth-order valence-electron chi connectivity index (χ4n) is 0.0577. The summed E-state index contributed by atoms with van der Waals surface area (Å²) in [6.45, 7) is -0.729. The molecule has 0 aliphatic heterocycles. The summed E-state index contributed by atoms with van der Waals surface area (Å²) in [5, 5.41) is 24.0. The first-order chi connectivity index (χ1) is 6.81. The number of rotatable bonds is 2. The minimum absolute atomic E-state index is 0. The van der Waals surface area contributed by atoms with Crippen molar-refractivity contribution in [3.8, 4) is 0 Å². The predicted molar refractivity (Wildman–Crippen MR) is 56.3 cm³/mol. The topological polar surface area (TPSA) is 265 Å². The second-order valence-electron chi connectivity index (χ2n) is 1.91. The van der Waals surface area contributed by atoms with E-state index < -0.39 is 21.7 Å². The van der Waals surface area contributed by atoms with Crippen LogP contribution in [0.15, 0.2) is 0 Å². The molecule has 0 radical (unpaired) electrons. The maximum absolute atomic E-state index is 8.55. The minimum Gasteiger partial charge on any atom is -0.822 e. The van der Waals surface area contributed by atoms with E-state index in [1.54, 1.807) is 0 Å². The Morgan fingerprint density at radius 2 is 0.850 bits per heavy atom. The Hall–Kier alpha value is 2.36. The van der Waals surface area contributed by atoms with Crippen molar-refractivity contribution in [3.05, 3.63) is 0 Å². The first kappa shape index (κ1) is 43.2. The molecule has 0 fully saturated rings. The molecule has 17 heteroatoms. The number of hydrogen-bond acceptors (Lipinski definition) is 11. The van der Waals surface area contributed by atoms with Crippen molar-refractivity contribution in [2.45, 2.75) is 6.10 Å². The second kappa shape index (κ2) is 23.6. The van der Waals surface area contributed by atoms with Crippen LogP contribution >= 0.6 is 15.6 Å². The maximum atomic E-state index is 8.55. The molecule has 0 atom stereocenters. The van der Waals surface area contributed by atoms with Gasteiger partial charge in [-0.1, -0.05) is 0 Å². The third-order valence-electron chi connectivity index (χ3n) is 0.421. The summed E-state index contributed by atoms with van der Waals surface area (Å²) >= 11 is 0. The zero-order chi connectivity index (χ0) is 14.0. The van der Waals surface area contributed by atoms with E-state index in [0.29, 0.717) is 0 Å². The number of aliphatic hydroxyl groups is 3. The summed E-state index contributed by atoms with van der Waals surface area (Å²) in [6.07, 6.45) is -0.954. The molecule has 0 aliphatic rings. The number of phosphoric acid groups is 2. The van der Waals surface area contributed by atoms with Crippen molar-refractivity contribution in [1.29, 1.82) is 0 Å². The van der Waals surface area contributed by atoms with Gasteiger partial charge in [0.2, 0.25) is 0 Å². The Morgan fingerprint density at radius 1 is 0.750 bits per heavy atom. The van der Waals surface area contributed by atoms with Gasteiger partial charge in [-0.2, -0.15) is 15.6 Å². The first-order valence-corrected chi connectivity index (χ1v) is 6.09. The third-order valence-corrected chi connectivity index (χ3v) is 0.421. The van der Waals surface area contributed by atoms with Crippen LogP contribution in [0, 0.1) is 0 Å². The smallest absolute Gasteiger partial charge is 0.822 e. The molecule has 5 N–H and O–H groups in total. The van der Waals surface area contributed by atoms with Gasteiger partial charge in [0.15, 0.2) is 0 Å². The molecule has 0 unspecified atom stereocenters. The van der Waals surface area contributed by atoms with Gasteiger partial charge in [-0.05, 0) is 0 Å². The van der Waals surface area contributed by atoms with Gasteiger partial charge < -0.3 is 59.3 Å². The maximum Gasteiger partial charge on any atom is 2.00 e. The fraction of sp³-hybridized carbons (Fsp3) is 1.00. The Balaban J connectivity index is -0.0000000232. The van der Waals surface area contributed by atoms with Crippen LogP contribution in [-0.4, -0.2) is 109 Å². The second-order valence-corrected chi connectivity index (χ2v) is 3.70. The molecule has 12 nitrogen and oxygen atoms in total. The molecule has 0 amide bonds. The van der Waals surface area contributed by atoms with E-state index >= 15 is 0 Å². The molecule has 0 heterocycles. The van der Waals surface area contributed by atoms with Crippen molar-refractivity contribution in [2.75, 3.05) is 13.2 Å². The van der Waals surface area contributed by atoms with Crippen LogP contribution in [0.1, 0.15) is 0 Å². The number of aliphatic hydroxyl groups excluding tert-OH is 3. The standard InChI is InChI=1S/C3H8O3.3Mg.2H3O4P.H2O/c4-1-3(6)2-5;;;;2*1-5(2,3)4;/h3-6H,1-2H2;;;;2*(H3,1,2,3,4);1H2/q;3*+2;;;/p-6. The molecule has 0 aliphatic carbocycles. The molecule has 0 aromatic heterocycles. The van der Waals surface area contributed by atoms with Crippen LogP contribution < -0.4 is 29.4 Å². The van der Waals surface area contributed by atoms with Gasteiger partial charge in [-0.25, -0.2) is 0 Å². The average molecular weight is 373 g/mol. The largest absolute Gasteiger partial charge is 2.00 e. The summed E-state index contributed by atoms with van der Waals surface area (Å²) in [6, 6.07) is 0. The van der Waals surface area contributed by atoms with Gasteiger partial charge in [0.25, 0.3) is 0 Å². The third kappa shape index (κ3) is 189. The molecule has 0 rings (SSSR count). The van der Waals surface area contributed by atoms with E-state index in [4.69, 9.17) is 53.8 Å². The van der Waals surface area contributed by atoms with Gasteiger partial charge in [0.1, 0.15) is 6.10 Å². The van der Waals surface area contributed by atoms with Gasteiger partial charge >= 0.3 is 69.2 Å². The van der Waals surface area contributed by atoms with Crippen LogP contribution in [0.5, 0.6) is 0 Å². The van der Waals surface area contributed by atoms with Crippen LogP contribution in [0.3, 0.4) is 0 Å². The van der Waals surface area contributed by atoms with E-state index in [2.05, 4.69) is 0 Å².